The Hall–Kier alpha value is -4.55. The summed E-state index contributed by atoms with van der Waals surface area (Å²) in [5.74, 6) is -2.16. The summed E-state index contributed by atoms with van der Waals surface area (Å²) in [5.41, 5.74) is -0.819. The van der Waals surface area contributed by atoms with Gasteiger partial charge in [-0.2, -0.15) is 18.3 Å². The first-order valence-electron chi connectivity index (χ1n) is 10.8. The predicted octanol–water partition coefficient (Wildman–Crippen LogP) is 3.85. The van der Waals surface area contributed by atoms with E-state index in [0.29, 0.717) is 35.1 Å². The number of hydrogen-bond donors (Lipinski definition) is 2. The molecule has 1 unspecified atom stereocenters. The summed E-state index contributed by atoms with van der Waals surface area (Å²) in [6, 6.07) is 6.18. The number of anilines is 1. The quantitative estimate of drug-likeness (QED) is 0.387. The number of ether oxygens (including phenoxy) is 1. The second-order valence-electron chi connectivity index (χ2n) is 7.46. The highest BCUT2D eigenvalue weighted by molar-refractivity contribution is 5.97. The smallest absolute Gasteiger partial charge is 0.416 e. The van der Waals surface area contributed by atoms with E-state index >= 15 is 0 Å². The van der Waals surface area contributed by atoms with Crippen LogP contribution in [0.15, 0.2) is 48.8 Å². The topological polar surface area (TPSA) is 111 Å². The van der Waals surface area contributed by atoms with Crippen molar-refractivity contribution in [2.45, 2.75) is 19.6 Å². The van der Waals surface area contributed by atoms with Gasteiger partial charge in [0.2, 0.25) is 11.8 Å². The largest absolute Gasteiger partial charge is 0.480 e. The number of fused-ring (bicyclic) bond motifs is 1. The second kappa shape index (κ2) is 9.60. The van der Waals surface area contributed by atoms with Crippen LogP contribution in [0.25, 0.3) is 16.9 Å². The number of nitrogens with one attached hydrogen (secondary N) is 2. The first kappa shape index (κ1) is 23.2. The van der Waals surface area contributed by atoms with Crippen LogP contribution in [-0.4, -0.2) is 38.5 Å². The van der Waals surface area contributed by atoms with Crippen LogP contribution in [0.4, 0.5) is 23.4 Å². The molecule has 186 valence electrons. The molecular formula is C23H18F4N6O3. The summed E-state index contributed by atoms with van der Waals surface area (Å²) < 4.78 is 67.8. The number of carbonyl (C=O) groups excluding carboxylic acids is 2. The third kappa shape index (κ3) is 5.24. The molecular weight excluding hydrogens is 484 g/mol. The zero-order valence-corrected chi connectivity index (χ0v) is 18.7. The number of methoxy groups -OCH3 is 1. The van der Waals surface area contributed by atoms with Crippen molar-refractivity contribution in [2.24, 2.45) is 0 Å². The number of nitrogens with zero attached hydrogens (tertiary/aromatic N) is 4. The summed E-state index contributed by atoms with van der Waals surface area (Å²) in [5, 5.41) is 9.08. The van der Waals surface area contributed by atoms with Gasteiger partial charge in [0.05, 0.1) is 25.9 Å². The molecule has 3 aromatic heterocycles. The predicted molar refractivity (Wildman–Crippen MR) is 120 cm³/mol. The van der Waals surface area contributed by atoms with E-state index in [1.165, 1.54) is 37.0 Å². The molecule has 9 nitrogen and oxygen atoms in total. The Morgan fingerprint density at radius 2 is 1.97 bits per heavy atom. The van der Waals surface area contributed by atoms with E-state index < -0.39 is 35.5 Å². The van der Waals surface area contributed by atoms with Crippen molar-refractivity contribution in [2.75, 3.05) is 12.4 Å². The van der Waals surface area contributed by atoms with Gasteiger partial charge in [-0.3, -0.25) is 9.59 Å². The van der Waals surface area contributed by atoms with Crippen molar-refractivity contribution in [1.82, 2.24) is 24.9 Å². The Bertz CT molecular complexity index is 1510. The molecule has 0 aliphatic carbocycles. The number of benzene rings is 1. The van der Waals surface area contributed by atoms with Gasteiger partial charge in [-0.05, 0) is 36.4 Å². The van der Waals surface area contributed by atoms with Crippen molar-refractivity contribution < 1.29 is 33.3 Å². The number of carbonyl (C=O) groups is 2. The SMILES string of the molecule is [2H]C(NC(=O)c1cc(-c2ccc3nc(NC(C)=O)cn3n2)cnc1OC)c1cc(C(F)(F)F)ccc1F. The Balaban J connectivity index is 1.63. The lowest BCUT2D eigenvalue weighted by Gasteiger charge is -2.12. The monoisotopic (exact) mass is 503 g/mol. The third-order valence-electron chi connectivity index (χ3n) is 4.89. The fraction of sp³-hybridized carbons (Fsp3) is 0.174. The standard InChI is InChI=1S/C23H18F4N6O3/c1-12(34)30-19-11-33-20(31-19)6-5-18(32-33)14-8-16(22(36-2)29-10-14)21(35)28-9-13-7-15(23(25,26)27)3-4-17(13)24/h3-8,10-11H,9H2,1-2H3,(H,28,35)(H,30,34)/i9D. The maximum Gasteiger partial charge on any atom is 0.416 e. The average molecular weight is 503 g/mol. The number of amides is 2. The molecule has 4 aromatic rings. The zero-order chi connectivity index (χ0) is 26.9. The molecule has 3 heterocycles. The van der Waals surface area contributed by atoms with Crippen LogP contribution in [-0.2, 0) is 17.5 Å². The zero-order valence-electron chi connectivity index (χ0n) is 19.7. The van der Waals surface area contributed by atoms with Crippen LogP contribution in [0.2, 0.25) is 0 Å². The van der Waals surface area contributed by atoms with E-state index in [-0.39, 0.29) is 23.2 Å². The van der Waals surface area contributed by atoms with Crippen LogP contribution in [0, 0.1) is 5.82 Å². The van der Waals surface area contributed by atoms with Gasteiger partial charge in [-0.25, -0.2) is 18.9 Å². The van der Waals surface area contributed by atoms with Crippen LogP contribution in [0.3, 0.4) is 0 Å². The number of aromatic nitrogens is 4. The van der Waals surface area contributed by atoms with Crippen LogP contribution in [0.5, 0.6) is 5.88 Å². The molecule has 1 atom stereocenters. The normalized spacial score (nSPS) is 12.7. The van der Waals surface area contributed by atoms with Crippen molar-refractivity contribution >= 4 is 23.3 Å². The minimum Gasteiger partial charge on any atom is -0.480 e. The van der Waals surface area contributed by atoms with E-state index in [0.717, 1.165) is 0 Å². The molecule has 0 aliphatic rings. The number of rotatable bonds is 6. The van der Waals surface area contributed by atoms with Crippen molar-refractivity contribution in [1.29, 1.82) is 0 Å². The number of hydrogen-bond acceptors (Lipinski definition) is 6. The Kier molecular flexibility index (Phi) is 6.19. The first-order valence-corrected chi connectivity index (χ1v) is 10.2. The number of halogens is 4. The number of imidazole rings is 1. The fourth-order valence-corrected chi connectivity index (χ4v) is 3.25. The van der Waals surface area contributed by atoms with E-state index in [2.05, 4.69) is 25.7 Å². The molecule has 0 saturated carbocycles. The number of alkyl halides is 3. The summed E-state index contributed by atoms with van der Waals surface area (Å²) in [7, 11) is 1.25. The molecule has 0 saturated heterocycles. The lowest BCUT2D eigenvalue weighted by atomic mass is 10.1. The Labute approximate surface area is 202 Å². The van der Waals surface area contributed by atoms with Gasteiger partial charge >= 0.3 is 6.18 Å². The molecule has 0 fully saturated rings. The third-order valence-corrected chi connectivity index (χ3v) is 4.89. The molecule has 0 spiro atoms. The molecule has 13 heteroatoms. The Morgan fingerprint density at radius 1 is 1.19 bits per heavy atom. The molecule has 36 heavy (non-hydrogen) atoms. The van der Waals surface area contributed by atoms with Gasteiger partial charge in [0.15, 0.2) is 11.5 Å². The van der Waals surface area contributed by atoms with Crippen molar-refractivity contribution in [3.05, 3.63) is 71.3 Å². The molecule has 0 aliphatic heterocycles. The van der Waals surface area contributed by atoms with E-state index in [1.54, 1.807) is 12.1 Å². The summed E-state index contributed by atoms with van der Waals surface area (Å²) in [4.78, 5) is 32.5. The maximum atomic E-state index is 14.2. The highest BCUT2D eigenvalue weighted by Gasteiger charge is 2.31. The highest BCUT2D eigenvalue weighted by Crippen LogP contribution is 2.30. The summed E-state index contributed by atoms with van der Waals surface area (Å²) in [6.07, 6.45) is -1.89. The summed E-state index contributed by atoms with van der Waals surface area (Å²) in [6.45, 7) is -0.516. The van der Waals surface area contributed by atoms with Crippen LogP contribution in [0.1, 0.15) is 29.8 Å². The fourth-order valence-electron chi connectivity index (χ4n) is 3.25. The van der Waals surface area contributed by atoms with Crippen LogP contribution < -0.4 is 15.4 Å². The average Bonchev–Trinajstić information content (AvgIpc) is 3.23. The summed E-state index contributed by atoms with van der Waals surface area (Å²) >= 11 is 0. The Morgan fingerprint density at radius 3 is 2.67 bits per heavy atom. The minimum atomic E-state index is -4.75. The first-order chi connectivity index (χ1) is 17.5. The van der Waals surface area contributed by atoms with Gasteiger partial charge in [0.25, 0.3) is 5.91 Å². The molecule has 1 aromatic carbocycles. The maximum absolute atomic E-state index is 14.2. The second-order valence-corrected chi connectivity index (χ2v) is 7.46. The number of pyridine rings is 1. The van der Waals surface area contributed by atoms with Gasteiger partial charge in [-0.1, -0.05) is 0 Å². The van der Waals surface area contributed by atoms with Crippen molar-refractivity contribution in [3.63, 3.8) is 0 Å². The van der Waals surface area contributed by atoms with E-state index in [9.17, 15) is 27.2 Å². The lowest BCUT2D eigenvalue weighted by molar-refractivity contribution is -0.137. The molecule has 2 N–H and O–H groups in total. The lowest BCUT2D eigenvalue weighted by Crippen LogP contribution is -2.24. The van der Waals surface area contributed by atoms with Gasteiger partial charge < -0.3 is 15.4 Å². The highest BCUT2D eigenvalue weighted by atomic mass is 19.4. The van der Waals surface area contributed by atoms with Gasteiger partial charge in [0, 0.05) is 30.8 Å². The van der Waals surface area contributed by atoms with Crippen LogP contribution >= 0.6 is 0 Å². The van der Waals surface area contributed by atoms with Crippen molar-refractivity contribution in [3.8, 4) is 17.1 Å². The van der Waals surface area contributed by atoms with Gasteiger partial charge in [-0.15, -0.1) is 0 Å². The molecule has 4 rings (SSSR count). The molecule has 0 radical (unpaired) electrons. The molecule has 0 bridgehead atoms. The minimum absolute atomic E-state index is 0.130. The molecule has 2 amide bonds. The van der Waals surface area contributed by atoms with E-state index in [1.807, 2.05) is 0 Å². The van der Waals surface area contributed by atoms with E-state index in [4.69, 9.17) is 6.11 Å². The van der Waals surface area contributed by atoms with Gasteiger partial charge in [0.1, 0.15) is 11.4 Å².